The molecule has 0 amide bonds. The second kappa shape index (κ2) is 6.38. The van der Waals surface area contributed by atoms with Gasteiger partial charge in [0.2, 0.25) is 0 Å². The van der Waals surface area contributed by atoms with Gasteiger partial charge in [-0.05, 0) is 43.1 Å². The molecular weight excluding hydrogens is 322 g/mol. The molecule has 1 aromatic heterocycles. The number of hydrogen-bond donors (Lipinski definition) is 1. The monoisotopic (exact) mass is 339 g/mol. The van der Waals surface area contributed by atoms with Gasteiger partial charge >= 0.3 is 0 Å². The van der Waals surface area contributed by atoms with Gasteiger partial charge in [0.15, 0.2) is 0 Å². The predicted octanol–water partition coefficient (Wildman–Crippen LogP) is 3.91. The highest BCUT2D eigenvalue weighted by Gasteiger charge is 2.26. The van der Waals surface area contributed by atoms with Crippen LogP contribution in [-0.2, 0) is 6.54 Å². The molecule has 122 valence electrons. The van der Waals surface area contributed by atoms with E-state index in [-0.39, 0.29) is 5.56 Å². The lowest BCUT2D eigenvalue weighted by atomic mass is 10.0. The molecule has 24 heavy (non-hydrogen) atoms. The van der Waals surface area contributed by atoms with E-state index in [9.17, 15) is 4.79 Å². The third kappa shape index (κ3) is 2.95. The number of hydrogen-bond acceptors (Lipinski definition) is 3. The topological polar surface area (TPSA) is 49.0 Å². The van der Waals surface area contributed by atoms with E-state index >= 15 is 0 Å². The average molecular weight is 340 g/mol. The Morgan fingerprint density at radius 1 is 1.21 bits per heavy atom. The zero-order chi connectivity index (χ0) is 16.5. The van der Waals surface area contributed by atoms with Crippen molar-refractivity contribution in [3.8, 4) is 0 Å². The predicted molar refractivity (Wildman–Crippen MR) is 96.2 cm³/mol. The summed E-state index contributed by atoms with van der Waals surface area (Å²) in [6, 6.07) is 16.1. The van der Waals surface area contributed by atoms with Gasteiger partial charge in [0.05, 0.1) is 17.4 Å². The van der Waals surface area contributed by atoms with Crippen molar-refractivity contribution >= 4 is 22.5 Å². The molecule has 4 rings (SSSR count). The molecule has 2 aromatic carbocycles. The molecule has 5 heteroatoms. The van der Waals surface area contributed by atoms with Crippen LogP contribution in [0.25, 0.3) is 10.9 Å². The maximum Gasteiger partial charge on any atom is 0.258 e. The third-order valence-electron chi connectivity index (χ3n) is 4.62. The molecule has 4 nitrogen and oxygen atoms in total. The van der Waals surface area contributed by atoms with Crippen LogP contribution in [-0.4, -0.2) is 21.4 Å². The first kappa shape index (κ1) is 15.4. The van der Waals surface area contributed by atoms with Gasteiger partial charge in [-0.1, -0.05) is 41.9 Å². The van der Waals surface area contributed by atoms with Gasteiger partial charge in [-0.25, -0.2) is 4.98 Å². The number of nitrogens with one attached hydrogen (secondary N) is 1. The molecule has 0 saturated carbocycles. The molecule has 1 atom stereocenters. The first-order valence-electron chi connectivity index (χ1n) is 8.18. The van der Waals surface area contributed by atoms with Gasteiger partial charge in [-0.2, -0.15) is 0 Å². The largest absolute Gasteiger partial charge is 0.309 e. The number of likely N-dealkylation sites (tertiary alicyclic amines) is 1. The van der Waals surface area contributed by atoms with Crippen molar-refractivity contribution in [2.45, 2.75) is 25.4 Å². The summed E-state index contributed by atoms with van der Waals surface area (Å²) in [5.74, 6) is 0.692. The second-order valence-electron chi connectivity index (χ2n) is 6.21. The quantitative estimate of drug-likeness (QED) is 0.787. The van der Waals surface area contributed by atoms with Crippen molar-refractivity contribution in [2.24, 2.45) is 0 Å². The summed E-state index contributed by atoms with van der Waals surface area (Å²) in [4.78, 5) is 22.2. The Morgan fingerprint density at radius 3 is 2.88 bits per heavy atom. The number of H-pyrrole nitrogens is 1. The molecule has 1 aliphatic rings. The maximum atomic E-state index is 12.3. The summed E-state index contributed by atoms with van der Waals surface area (Å²) >= 11 is 6.03. The molecule has 3 aromatic rings. The Morgan fingerprint density at radius 2 is 2.04 bits per heavy atom. The summed E-state index contributed by atoms with van der Waals surface area (Å²) in [5.41, 5.74) is 1.86. The van der Waals surface area contributed by atoms with E-state index in [1.807, 2.05) is 6.07 Å². The van der Waals surface area contributed by atoms with Gasteiger partial charge < -0.3 is 4.98 Å². The third-order valence-corrected chi connectivity index (χ3v) is 4.85. The number of rotatable bonds is 3. The van der Waals surface area contributed by atoms with Crippen molar-refractivity contribution in [3.63, 3.8) is 0 Å². The molecule has 2 heterocycles. The van der Waals surface area contributed by atoms with Crippen molar-refractivity contribution in [3.05, 3.63) is 75.3 Å². The van der Waals surface area contributed by atoms with Crippen LogP contribution in [0.4, 0.5) is 0 Å². The van der Waals surface area contributed by atoms with Crippen LogP contribution in [0.5, 0.6) is 0 Å². The summed E-state index contributed by atoms with van der Waals surface area (Å²) in [5, 5.41) is 1.17. The van der Waals surface area contributed by atoms with Gasteiger partial charge in [0, 0.05) is 11.1 Å². The highest BCUT2D eigenvalue weighted by atomic mass is 35.5. The van der Waals surface area contributed by atoms with Gasteiger partial charge in [0.1, 0.15) is 5.82 Å². The lowest BCUT2D eigenvalue weighted by Crippen LogP contribution is -2.25. The van der Waals surface area contributed by atoms with Crippen molar-refractivity contribution in [2.75, 3.05) is 6.54 Å². The molecule has 0 bridgehead atoms. The Labute approximate surface area is 145 Å². The molecular formula is C19H18ClN3O. The lowest BCUT2D eigenvalue weighted by molar-refractivity contribution is 0.242. The zero-order valence-electron chi connectivity index (χ0n) is 13.2. The van der Waals surface area contributed by atoms with E-state index in [1.54, 1.807) is 18.2 Å². The minimum Gasteiger partial charge on any atom is -0.309 e. The number of aromatic amines is 1. The zero-order valence-corrected chi connectivity index (χ0v) is 14.0. The van der Waals surface area contributed by atoms with E-state index in [0.717, 1.165) is 19.4 Å². The summed E-state index contributed by atoms with van der Waals surface area (Å²) in [6.07, 6.45) is 2.29. The van der Waals surface area contributed by atoms with E-state index < -0.39 is 0 Å². The van der Waals surface area contributed by atoms with Crippen molar-refractivity contribution < 1.29 is 0 Å². The Bertz CT molecular complexity index is 923. The second-order valence-corrected chi connectivity index (χ2v) is 6.65. The standard InChI is InChI=1S/C19H18ClN3O/c20-14-8-9-15-16(11-14)21-18(22-19(15)24)12-23-10-4-7-17(23)13-5-2-1-3-6-13/h1-3,5-6,8-9,11,17H,4,7,10,12H2,(H,21,22,24)/t17-/m0/s1. The molecule has 0 radical (unpaired) electrons. The first-order valence-corrected chi connectivity index (χ1v) is 8.56. The molecule has 1 N–H and O–H groups in total. The van der Waals surface area contributed by atoms with Gasteiger partial charge in [0.25, 0.3) is 5.56 Å². The van der Waals surface area contributed by atoms with Gasteiger partial charge in [-0.3, -0.25) is 9.69 Å². The van der Waals surface area contributed by atoms with Crippen LogP contribution < -0.4 is 5.56 Å². The van der Waals surface area contributed by atoms with Crippen LogP contribution in [0, 0.1) is 0 Å². The molecule has 1 aliphatic heterocycles. The summed E-state index contributed by atoms with van der Waals surface area (Å²) < 4.78 is 0. The van der Waals surface area contributed by atoms with Crippen LogP contribution in [0.2, 0.25) is 5.02 Å². The average Bonchev–Trinajstić information content (AvgIpc) is 3.03. The fourth-order valence-corrected chi connectivity index (χ4v) is 3.66. The van der Waals surface area contributed by atoms with Crippen molar-refractivity contribution in [1.82, 2.24) is 14.9 Å². The number of fused-ring (bicyclic) bond motifs is 1. The number of halogens is 1. The maximum absolute atomic E-state index is 12.3. The van der Waals surface area contributed by atoms with Crippen LogP contribution in [0.3, 0.4) is 0 Å². The Kier molecular flexibility index (Phi) is 4.08. The van der Waals surface area contributed by atoms with Crippen molar-refractivity contribution in [1.29, 1.82) is 0 Å². The molecule has 0 spiro atoms. The van der Waals surface area contributed by atoms with E-state index in [2.05, 4.69) is 39.1 Å². The summed E-state index contributed by atoms with van der Waals surface area (Å²) in [7, 11) is 0. The van der Waals surface area contributed by atoms with Gasteiger partial charge in [-0.15, -0.1) is 0 Å². The molecule has 1 saturated heterocycles. The SMILES string of the molecule is O=c1[nH]c(CN2CCC[C@H]2c2ccccc2)nc2cc(Cl)ccc12. The van der Waals surface area contributed by atoms with Crippen LogP contribution in [0.15, 0.2) is 53.3 Å². The highest BCUT2D eigenvalue weighted by molar-refractivity contribution is 6.31. The fourth-order valence-electron chi connectivity index (χ4n) is 3.50. The highest BCUT2D eigenvalue weighted by Crippen LogP contribution is 2.32. The number of nitrogens with zero attached hydrogens (tertiary/aromatic N) is 2. The Hall–Kier alpha value is -2.17. The number of benzene rings is 2. The van der Waals surface area contributed by atoms with E-state index in [0.29, 0.717) is 34.3 Å². The fraction of sp³-hybridized carbons (Fsp3) is 0.263. The molecule has 0 unspecified atom stereocenters. The normalized spacial score (nSPS) is 18.3. The molecule has 1 fully saturated rings. The lowest BCUT2D eigenvalue weighted by Gasteiger charge is -2.24. The number of aromatic nitrogens is 2. The summed E-state index contributed by atoms with van der Waals surface area (Å²) in [6.45, 7) is 1.65. The van der Waals surface area contributed by atoms with E-state index in [1.165, 1.54) is 5.56 Å². The molecule has 0 aliphatic carbocycles. The van der Waals surface area contributed by atoms with E-state index in [4.69, 9.17) is 11.6 Å². The minimum atomic E-state index is -0.109. The minimum absolute atomic E-state index is 0.109. The van der Waals surface area contributed by atoms with Crippen LogP contribution >= 0.6 is 11.6 Å². The Balaban J connectivity index is 1.65. The first-order chi connectivity index (χ1) is 11.7. The smallest absolute Gasteiger partial charge is 0.258 e. The van der Waals surface area contributed by atoms with Crippen LogP contribution in [0.1, 0.15) is 30.3 Å².